The first-order chi connectivity index (χ1) is 9.87. The van der Waals surface area contributed by atoms with Gasteiger partial charge in [0, 0.05) is 13.0 Å². The third-order valence-electron chi connectivity index (χ3n) is 4.02. The number of carbonyl (C=O) groups is 2. The highest BCUT2D eigenvalue weighted by Gasteiger charge is 2.36. The Morgan fingerprint density at radius 1 is 1.19 bits per heavy atom. The van der Waals surface area contributed by atoms with Gasteiger partial charge in [0.1, 0.15) is 5.60 Å². The highest BCUT2D eigenvalue weighted by atomic mass is 16.6. The van der Waals surface area contributed by atoms with Crippen LogP contribution in [-0.4, -0.2) is 47.7 Å². The molecule has 5 nitrogen and oxygen atoms in total. The van der Waals surface area contributed by atoms with Crippen LogP contribution in [0.15, 0.2) is 0 Å². The summed E-state index contributed by atoms with van der Waals surface area (Å²) in [6.45, 7) is 6.76. The van der Waals surface area contributed by atoms with Crippen LogP contribution >= 0.6 is 0 Å². The Kier molecular flexibility index (Phi) is 5.25. The summed E-state index contributed by atoms with van der Waals surface area (Å²) >= 11 is 0. The van der Waals surface area contributed by atoms with E-state index in [1.54, 1.807) is 0 Å². The van der Waals surface area contributed by atoms with Crippen molar-refractivity contribution in [2.24, 2.45) is 0 Å². The lowest BCUT2D eigenvalue weighted by Gasteiger charge is -2.43. The molecule has 1 aliphatic carbocycles. The zero-order valence-electron chi connectivity index (χ0n) is 13.4. The van der Waals surface area contributed by atoms with E-state index < -0.39 is 5.60 Å². The van der Waals surface area contributed by atoms with Gasteiger partial charge in [-0.15, -0.1) is 0 Å². The molecule has 0 radical (unpaired) electrons. The van der Waals surface area contributed by atoms with Gasteiger partial charge in [-0.3, -0.25) is 9.59 Å². The normalized spacial score (nSPS) is 26.1. The van der Waals surface area contributed by atoms with Gasteiger partial charge in [0.15, 0.2) is 0 Å². The van der Waals surface area contributed by atoms with Crippen molar-refractivity contribution in [1.29, 1.82) is 0 Å². The highest BCUT2D eigenvalue weighted by molar-refractivity contribution is 5.81. The van der Waals surface area contributed by atoms with Crippen molar-refractivity contribution >= 4 is 11.9 Å². The summed E-state index contributed by atoms with van der Waals surface area (Å²) in [5, 5.41) is 0. The number of amides is 1. The standard InChI is InChI=1S/C16H27NO4/c1-16(2,3)21-15(19)9-8-14(18)17-10-11-20-13-7-5-4-6-12(13)17/h12-13H,4-11H2,1-3H3. The molecule has 1 aliphatic heterocycles. The Morgan fingerprint density at radius 3 is 2.62 bits per heavy atom. The number of carbonyl (C=O) groups excluding carboxylic acids is 2. The number of rotatable bonds is 3. The summed E-state index contributed by atoms with van der Waals surface area (Å²) in [5.74, 6) is -0.245. The molecular formula is C16H27NO4. The molecule has 0 aromatic heterocycles. The zero-order chi connectivity index (χ0) is 15.5. The Morgan fingerprint density at radius 2 is 1.90 bits per heavy atom. The Bertz CT molecular complexity index is 386. The van der Waals surface area contributed by atoms with Crippen LogP contribution in [0, 0.1) is 0 Å². The van der Waals surface area contributed by atoms with Crippen molar-refractivity contribution < 1.29 is 19.1 Å². The molecule has 120 valence electrons. The predicted molar refractivity (Wildman–Crippen MR) is 78.8 cm³/mol. The summed E-state index contributed by atoms with van der Waals surface area (Å²) < 4.78 is 11.0. The van der Waals surface area contributed by atoms with Crippen LogP contribution in [0.4, 0.5) is 0 Å². The smallest absolute Gasteiger partial charge is 0.306 e. The first-order valence-corrected chi connectivity index (χ1v) is 8.00. The van der Waals surface area contributed by atoms with Crippen LogP contribution in [0.3, 0.4) is 0 Å². The largest absolute Gasteiger partial charge is 0.460 e. The molecule has 1 amide bonds. The molecule has 1 saturated carbocycles. The van der Waals surface area contributed by atoms with Gasteiger partial charge in [0.2, 0.25) is 5.91 Å². The summed E-state index contributed by atoms with van der Waals surface area (Å²) in [6, 6.07) is 0.207. The fourth-order valence-corrected chi connectivity index (χ4v) is 3.15. The van der Waals surface area contributed by atoms with Crippen LogP contribution in [0.5, 0.6) is 0 Å². The lowest BCUT2D eigenvalue weighted by molar-refractivity contribution is -0.159. The second-order valence-electron chi connectivity index (χ2n) is 6.93. The lowest BCUT2D eigenvalue weighted by Crippen LogP contribution is -2.54. The number of morpholine rings is 1. The van der Waals surface area contributed by atoms with Crippen molar-refractivity contribution in [3.8, 4) is 0 Å². The minimum Gasteiger partial charge on any atom is -0.460 e. The molecule has 0 spiro atoms. The van der Waals surface area contributed by atoms with Crippen LogP contribution in [0.2, 0.25) is 0 Å². The summed E-state index contributed by atoms with van der Waals surface area (Å²) in [7, 11) is 0. The van der Waals surface area contributed by atoms with Gasteiger partial charge >= 0.3 is 5.97 Å². The molecule has 0 aromatic rings. The average Bonchev–Trinajstić information content (AvgIpc) is 2.42. The second kappa shape index (κ2) is 6.77. The monoisotopic (exact) mass is 297 g/mol. The summed E-state index contributed by atoms with van der Waals surface area (Å²) in [5.41, 5.74) is -0.492. The zero-order valence-corrected chi connectivity index (χ0v) is 13.4. The third-order valence-corrected chi connectivity index (χ3v) is 4.02. The van der Waals surface area contributed by atoms with Gasteiger partial charge in [-0.05, 0) is 33.6 Å². The van der Waals surface area contributed by atoms with Crippen molar-refractivity contribution in [1.82, 2.24) is 4.90 Å². The molecule has 2 fully saturated rings. The Labute approximate surface area is 127 Å². The van der Waals surface area contributed by atoms with Crippen molar-refractivity contribution in [3.05, 3.63) is 0 Å². The topological polar surface area (TPSA) is 55.8 Å². The first-order valence-electron chi connectivity index (χ1n) is 8.00. The van der Waals surface area contributed by atoms with Gasteiger partial charge in [0.05, 0.1) is 25.2 Å². The van der Waals surface area contributed by atoms with E-state index >= 15 is 0 Å². The first kappa shape index (κ1) is 16.3. The molecule has 1 heterocycles. The molecular weight excluding hydrogens is 270 g/mol. The molecule has 0 aromatic carbocycles. The lowest BCUT2D eigenvalue weighted by atomic mass is 9.90. The van der Waals surface area contributed by atoms with Gasteiger partial charge < -0.3 is 14.4 Å². The van der Waals surface area contributed by atoms with Gasteiger partial charge in [-0.2, -0.15) is 0 Å². The fraction of sp³-hybridized carbons (Fsp3) is 0.875. The van der Waals surface area contributed by atoms with Crippen molar-refractivity contribution in [2.45, 2.75) is 77.0 Å². The van der Waals surface area contributed by atoms with E-state index in [-0.39, 0.29) is 36.9 Å². The predicted octanol–water partition coefficient (Wildman–Crippen LogP) is 2.28. The number of fused-ring (bicyclic) bond motifs is 1. The second-order valence-corrected chi connectivity index (χ2v) is 6.93. The van der Waals surface area contributed by atoms with E-state index in [0.29, 0.717) is 13.2 Å². The SMILES string of the molecule is CC(C)(C)OC(=O)CCC(=O)N1CCOC2CCCCC21. The van der Waals surface area contributed by atoms with Gasteiger partial charge in [0.25, 0.3) is 0 Å². The molecule has 2 aliphatic rings. The van der Waals surface area contributed by atoms with Crippen molar-refractivity contribution in [3.63, 3.8) is 0 Å². The molecule has 21 heavy (non-hydrogen) atoms. The minimum absolute atomic E-state index is 0.0565. The Balaban J connectivity index is 1.83. The van der Waals surface area contributed by atoms with E-state index in [1.165, 1.54) is 6.42 Å². The van der Waals surface area contributed by atoms with E-state index in [2.05, 4.69) is 0 Å². The third kappa shape index (κ3) is 4.70. The maximum atomic E-state index is 12.4. The van der Waals surface area contributed by atoms with Gasteiger partial charge in [-0.1, -0.05) is 12.8 Å². The number of nitrogens with zero attached hydrogens (tertiary/aromatic N) is 1. The maximum absolute atomic E-state index is 12.4. The molecule has 2 unspecified atom stereocenters. The minimum atomic E-state index is -0.492. The van der Waals surface area contributed by atoms with E-state index in [1.807, 2.05) is 25.7 Å². The summed E-state index contributed by atoms with van der Waals surface area (Å²) in [4.78, 5) is 26.0. The number of ether oxygens (including phenoxy) is 2. The van der Waals surface area contributed by atoms with Crippen LogP contribution in [0.1, 0.15) is 59.3 Å². The molecule has 2 atom stereocenters. The van der Waals surface area contributed by atoms with E-state index in [4.69, 9.17) is 9.47 Å². The quantitative estimate of drug-likeness (QED) is 0.750. The summed E-state index contributed by atoms with van der Waals surface area (Å²) in [6.07, 6.45) is 4.98. The molecule has 0 N–H and O–H groups in total. The van der Waals surface area contributed by atoms with Crippen LogP contribution in [0.25, 0.3) is 0 Å². The number of esters is 1. The Hall–Kier alpha value is -1.10. The van der Waals surface area contributed by atoms with Gasteiger partial charge in [-0.25, -0.2) is 0 Å². The number of hydrogen-bond acceptors (Lipinski definition) is 4. The molecule has 0 bridgehead atoms. The fourth-order valence-electron chi connectivity index (χ4n) is 3.15. The van der Waals surface area contributed by atoms with Crippen LogP contribution in [-0.2, 0) is 19.1 Å². The van der Waals surface area contributed by atoms with Crippen LogP contribution < -0.4 is 0 Å². The molecule has 5 heteroatoms. The average molecular weight is 297 g/mol. The van der Waals surface area contributed by atoms with Crippen molar-refractivity contribution in [2.75, 3.05) is 13.2 Å². The highest BCUT2D eigenvalue weighted by Crippen LogP contribution is 2.29. The molecule has 2 rings (SSSR count). The van der Waals surface area contributed by atoms with E-state index in [0.717, 1.165) is 19.3 Å². The maximum Gasteiger partial charge on any atom is 0.306 e. The number of hydrogen-bond donors (Lipinski definition) is 0. The van der Waals surface area contributed by atoms with E-state index in [9.17, 15) is 9.59 Å². The molecule has 1 saturated heterocycles.